The molecule has 1 unspecified atom stereocenters. The van der Waals surface area contributed by atoms with E-state index in [4.69, 9.17) is 21.1 Å². The van der Waals surface area contributed by atoms with Crippen LogP contribution in [0, 0.1) is 0 Å². The average Bonchev–Trinajstić information content (AvgIpc) is 2.41. The molecule has 106 valence electrons. The minimum atomic E-state index is -0.332. The molecule has 0 aliphatic rings. The van der Waals surface area contributed by atoms with Gasteiger partial charge in [-0.1, -0.05) is 24.6 Å². The summed E-state index contributed by atoms with van der Waals surface area (Å²) in [4.78, 5) is 11.7. The van der Waals surface area contributed by atoms with Crippen LogP contribution in [0.3, 0.4) is 0 Å². The Morgan fingerprint density at radius 3 is 2.74 bits per heavy atom. The van der Waals surface area contributed by atoms with Gasteiger partial charge in [-0.05, 0) is 25.5 Å². The number of ether oxygens (including phenoxy) is 2. The first-order valence-electron chi connectivity index (χ1n) is 6.35. The third kappa shape index (κ3) is 4.40. The normalized spacial score (nSPS) is 12.0. The molecule has 0 aliphatic carbocycles. The van der Waals surface area contributed by atoms with Crippen LogP contribution in [0.4, 0.5) is 0 Å². The summed E-state index contributed by atoms with van der Waals surface area (Å²) >= 11 is 6.14. The van der Waals surface area contributed by atoms with Crippen molar-refractivity contribution in [3.63, 3.8) is 0 Å². The number of carbonyl (C=O) groups excluding carboxylic acids is 1. The summed E-state index contributed by atoms with van der Waals surface area (Å²) < 4.78 is 10.3. The molecule has 4 nitrogen and oxygen atoms in total. The fourth-order valence-electron chi connectivity index (χ4n) is 1.76. The molecule has 0 radical (unpaired) electrons. The zero-order chi connectivity index (χ0) is 14.3. The lowest BCUT2D eigenvalue weighted by atomic mass is 10.1. The Bertz CT molecular complexity index is 423. The van der Waals surface area contributed by atoms with E-state index in [9.17, 15) is 4.79 Å². The second kappa shape index (κ2) is 8.02. The number of carbonyl (C=O) groups is 1. The van der Waals surface area contributed by atoms with E-state index in [1.807, 2.05) is 19.1 Å². The molecule has 0 saturated heterocycles. The van der Waals surface area contributed by atoms with Gasteiger partial charge in [0.15, 0.2) is 0 Å². The zero-order valence-electron chi connectivity index (χ0n) is 11.5. The summed E-state index contributed by atoms with van der Waals surface area (Å²) in [6, 6.07) is 5.13. The second-order valence-corrected chi connectivity index (χ2v) is 4.42. The highest BCUT2D eigenvalue weighted by atomic mass is 35.5. The van der Waals surface area contributed by atoms with Crippen LogP contribution >= 0.6 is 11.6 Å². The smallest absolute Gasteiger partial charge is 0.323 e. The minimum Gasteiger partial charge on any atom is -0.496 e. The van der Waals surface area contributed by atoms with E-state index in [-0.39, 0.29) is 12.0 Å². The van der Waals surface area contributed by atoms with Gasteiger partial charge in [0.05, 0.1) is 13.7 Å². The van der Waals surface area contributed by atoms with Gasteiger partial charge in [-0.2, -0.15) is 0 Å². The monoisotopic (exact) mass is 285 g/mol. The first-order chi connectivity index (χ1) is 9.13. The Morgan fingerprint density at radius 2 is 2.16 bits per heavy atom. The SMILES string of the molecule is CCOC(=O)C(CC)NCc1c(Cl)cccc1OC. The van der Waals surface area contributed by atoms with Gasteiger partial charge in [-0.15, -0.1) is 0 Å². The number of nitrogens with one attached hydrogen (secondary N) is 1. The van der Waals surface area contributed by atoms with Gasteiger partial charge in [0.25, 0.3) is 0 Å². The highest BCUT2D eigenvalue weighted by Gasteiger charge is 2.18. The summed E-state index contributed by atoms with van der Waals surface area (Å²) in [5.41, 5.74) is 0.842. The Kier molecular flexibility index (Phi) is 6.67. The summed E-state index contributed by atoms with van der Waals surface area (Å²) in [5.74, 6) is 0.467. The fraction of sp³-hybridized carbons (Fsp3) is 0.500. The Labute approximate surface area is 119 Å². The zero-order valence-corrected chi connectivity index (χ0v) is 12.3. The van der Waals surface area contributed by atoms with Crippen LogP contribution < -0.4 is 10.1 Å². The maximum atomic E-state index is 11.7. The van der Waals surface area contributed by atoms with Crippen LogP contribution in [0.1, 0.15) is 25.8 Å². The molecular formula is C14H20ClNO3. The summed E-state index contributed by atoms with van der Waals surface area (Å²) in [5, 5.41) is 3.76. The van der Waals surface area contributed by atoms with E-state index in [1.165, 1.54) is 0 Å². The number of hydrogen-bond donors (Lipinski definition) is 1. The predicted molar refractivity (Wildman–Crippen MR) is 75.6 cm³/mol. The average molecular weight is 286 g/mol. The van der Waals surface area contributed by atoms with Gasteiger partial charge in [0.2, 0.25) is 0 Å². The van der Waals surface area contributed by atoms with Gasteiger partial charge >= 0.3 is 5.97 Å². The van der Waals surface area contributed by atoms with E-state index >= 15 is 0 Å². The maximum Gasteiger partial charge on any atom is 0.323 e. The van der Waals surface area contributed by atoms with Crippen molar-refractivity contribution < 1.29 is 14.3 Å². The topological polar surface area (TPSA) is 47.6 Å². The van der Waals surface area contributed by atoms with E-state index < -0.39 is 0 Å². The first-order valence-corrected chi connectivity index (χ1v) is 6.73. The van der Waals surface area contributed by atoms with Crippen LogP contribution in [0.15, 0.2) is 18.2 Å². The van der Waals surface area contributed by atoms with Gasteiger partial charge in [-0.3, -0.25) is 4.79 Å². The van der Waals surface area contributed by atoms with Crippen molar-refractivity contribution in [2.45, 2.75) is 32.9 Å². The largest absolute Gasteiger partial charge is 0.496 e. The van der Waals surface area contributed by atoms with Gasteiger partial charge in [-0.25, -0.2) is 0 Å². The van der Waals surface area contributed by atoms with E-state index in [0.717, 1.165) is 5.56 Å². The molecule has 0 amide bonds. The molecule has 0 fully saturated rings. The quantitative estimate of drug-likeness (QED) is 0.783. The van der Waals surface area contributed by atoms with Crippen LogP contribution in [-0.2, 0) is 16.1 Å². The molecule has 0 aliphatic heterocycles. The molecule has 0 saturated carbocycles. The highest BCUT2D eigenvalue weighted by molar-refractivity contribution is 6.31. The van der Waals surface area contributed by atoms with Crippen molar-refractivity contribution in [1.29, 1.82) is 0 Å². The molecule has 5 heteroatoms. The molecule has 1 atom stereocenters. The molecule has 19 heavy (non-hydrogen) atoms. The molecule has 0 bridgehead atoms. The maximum absolute atomic E-state index is 11.7. The number of methoxy groups -OCH3 is 1. The van der Waals surface area contributed by atoms with Crippen molar-refractivity contribution in [2.75, 3.05) is 13.7 Å². The number of benzene rings is 1. The van der Waals surface area contributed by atoms with Crippen molar-refractivity contribution in [3.05, 3.63) is 28.8 Å². The molecule has 1 aromatic carbocycles. The Balaban J connectivity index is 2.72. The predicted octanol–water partition coefficient (Wildman–Crippen LogP) is 2.78. The number of hydrogen-bond acceptors (Lipinski definition) is 4. The molecule has 1 aromatic rings. The molecule has 0 spiro atoms. The third-order valence-corrected chi connectivity index (χ3v) is 3.15. The van der Waals surface area contributed by atoms with E-state index in [2.05, 4.69) is 5.32 Å². The Morgan fingerprint density at radius 1 is 1.42 bits per heavy atom. The van der Waals surface area contributed by atoms with E-state index in [0.29, 0.717) is 30.3 Å². The number of esters is 1. The number of rotatable bonds is 7. The molecular weight excluding hydrogens is 266 g/mol. The van der Waals surface area contributed by atoms with Gasteiger partial charge in [0.1, 0.15) is 11.8 Å². The lowest BCUT2D eigenvalue weighted by Crippen LogP contribution is -2.37. The number of halogens is 1. The molecule has 0 aromatic heterocycles. The Hall–Kier alpha value is -1.26. The third-order valence-electron chi connectivity index (χ3n) is 2.80. The fourth-order valence-corrected chi connectivity index (χ4v) is 2.00. The molecule has 1 N–H and O–H groups in total. The highest BCUT2D eigenvalue weighted by Crippen LogP contribution is 2.26. The van der Waals surface area contributed by atoms with Gasteiger partial charge in [0, 0.05) is 17.1 Å². The van der Waals surface area contributed by atoms with Gasteiger partial charge < -0.3 is 14.8 Å². The summed E-state index contributed by atoms with van der Waals surface area (Å²) in [6.07, 6.45) is 0.658. The van der Waals surface area contributed by atoms with Crippen molar-refractivity contribution in [1.82, 2.24) is 5.32 Å². The van der Waals surface area contributed by atoms with Crippen LogP contribution in [0.5, 0.6) is 5.75 Å². The van der Waals surface area contributed by atoms with Crippen molar-refractivity contribution in [3.8, 4) is 5.75 Å². The lowest BCUT2D eigenvalue weighted by Gasteiger charge is -2.17. The summed E-state index contributed by atoms with van der Waals surface area (Å²) in [7, 11) is 1.60. The van der Waals surface area contributed by atoms with Crippen LogP contribution in [-0.4, -0.2) is 25.7 Å². The van der Waals surface area contributed by atoms with E-state index in [1.54, 1.807) is 20.1 Å². The molecule has 1 rings (SSSR count). The van der Waals surface area contributed by atoms with Crippen molar-refractivity contribution >= 4 is 17.6 Å². The minimum absolute atomic E-state index is 0.240. The van der Waals surface area contributed by atoms with Crippen molar-refractivity contribution in [2.24, 2.45) is 0 Å². The van der Waals surface area contributed by atoms with Crippen LogP contribution in [0.2, 0.25) is 5.02 Å². The molecule has 0 heterocycles. The summed E-state index contributed by atoms with van der Waals surface area (Å²) in [6.45, 7) is 4.56. The lowest BCUT2D eigenvalue weighted by molar-refractivity contribution is -0.145. The van der Waals surface area contributed by atoms with Crippen LogP contribution in [0.25, 0.3) is 0 Å². The first kappa shape index (κ1) is 15.8. The standard InChI is InChI=1S/C14H20ClNO3/c1-4-12(14(17)19-5-2)16-9-10-11(15)7-6-8-13(10)18-3/h6-8,12,16H,4-5,9H2,1-3H3. The second-order valence-electron chi connectivity index (χ2n) is 4.01.